The average molecular weight is 169 g/mol. The fourth-order valence-corrected chi connectivity index (χ4v) is 1.27. The molecule has 1 aliphatic heterocycles. The van der Waals surface area contributed by atoms with Crippen LogP contribution in [0.4, 0.5) is 0 Å². The van der Waals surface area contributed by atoms with Gasteiger partial charge in [-0.2, -0.15) is 0 Å². The summed E-state index contributed by atoms with van der Waals surface area (Å²) >= 11 is 0. The van der Waals surface area contributed by atoms with E-state index < -0.39 is 0 Å². The van der Waals surface area contributed by atoms with Crippen molar-refractivity contribution in [3.05, 3.63) is 0 Å². The van der Waals surface area contributed by atoms with Crippen LogP contribution in [0.5, 0.6) is 0 Å². The third kappa shape index (κ3) is 1.97. The Morgan fingerprint density at radius 3 is 3.00 bits per heavy atom. The second kappa shape index (κ2) is 3.44. The van der Waals surface area contributed by atoms with Crippen molar-refractivity contribution >= 4 is 5.71 Å². The van der Waals surface area contributed by atoms with E-state index in [-0.39, 0.29) is 6.10 Å². The van der Waals surface area contributed by atoms with Gasteiger partial charge in [0.25, 0.3) is 0 Å². The summed E-state index contributed by atoms with van der Waals surface area (Å²) in [7, 11) is 0. The molecule has 3 nitrogen and oxygen atoms in total. The maximum absolute atomic E-state index is 5.33. The highest BCUT2D eigenvalue weighted by molar-refractivity contribution is 5.89. The topological polar surface area (TPSA) is 30.8 Å². The van der Waals surface area contributed by atoms with Crippen LogP contribution in [-0.2, 0) is 9.57 Å². The van der Waals surface area contributed by atoms with Crippen LogP contribution in [0.15, 0.2) is 5.16 Å². The van der Waals surface area contributed by atoms with E-state index in [1.54, 1.807) is 0 Å². The molecular weight excluding hydrogens is 154 g/mol. The zero-order valence-corrected chi connectivity index (χ0v) is 7.45. The Kier molecular flexibility index (Phi) is 2.30. The van der Waals surface area contributed by atoms with Gasteiger partial charge in [0.2, 0.25) is 0 Å². The van der Waals surface area contributed by atoms with Crippen LogP contribution in [0.3, 0.4) is 0 Å². The Bertz CT molecular complexity index is 187. The van der Waals surface area contributed by atoms with Gasteiger partial charge in [-0.1, -0.05) is 5.16 Å². The molecule has 1 saturated carbocycles. The molecule has 68 valence electrons. The van der Waals surface area contributed by atoms with E-state index in [4.69, 9.17) is 9.57 Å². The molecule has 1 heterocycles. The highest BCUT2D eigenvalue weighted by atomic mass is 16.6. The second-order valence-electron chi connectivity index (χ2n) is 3.58. The third-order valence-corrected chi connectivity index (χ3v) is 2.38. The number of ether oxygens (including phenoxy) is 1. The van der Waals surface area contributed by atoms with Gasteiger partial charge < -0.3 is 9.57 Å². The molecule has 0 aromatic carbocycles. The zero-order valence-electron chi connectivity index (χ0n) is 7.45. The Balaban J connectivity index is 1.73. The highest BCUT2D eigenvalue weighted by Crippen LogP contribution is 2.28. The largest absolute Gasteiger partial charge is 0.395 e. The lowest BCUT2D eigenvalue weighted by Gasteiger charge is -2.02. The van der Waals surface area contributed by atoms with Crippen molar-refractivity contribution in [3.8, 4) is 0 Å². The summed E-state index contributed by atoms with van der Waals surface area (Å²) in [6.07, 6.45) is 3.74. The van der Waals surface area contributed by atoms with E-state index in [0.717, 1.165) is 31.3 Å². The molecule has 2 aliphatic rings. The first-order valence-corrected chi connectivity index (χ1v) is 4.66. The Hall–Kier alpha value is -0.570. The van der Waals surface area contributed by atoms with Gasteiger partial charge in [-0.3, -0.25) is 0 Å². The van der Waals surface area contributed by atoms with E-state index in [1.165, 1.54) is 12.8 Å². The van der Waals surface area contributed by atoms with Crippen LogP contribution in [0.25, 0.3) is 0 Å². The average Bonchev–Trinajstić information content (AvgIpc) is 2.78. The minimum Gasteiger partial charge on any atom is -0.395 e. The molecule has 0 amide bonds. The molecule has 3 heteroatoms. The van der Waals surface area contributed by atoms with Crippen molar-refractivity contribution in [1.29, 1.82) is 0 Å². The molecule has 2 fully saturated rings. The molecule has 0 radical (unpaired) electrons. The van der Waals surface area contributed by atoms with Crippen LogP contribution >= 0.6 is 0 Å². The van der Waals surface area contributed by atoms with Crippen molar-refractivity contribution in [1.82, 2.24) is 0 Å². The van der Waals surface area contributed by atoms with Gasteiger partial charge in [0.05, 0.1) is 18.4 Å². The van der Waals surface area contributed by atoms with Crippen LogP contribution in [0.2, 0.25) is 0 Å². The Morgan fingerprint density at radius 1 is 1.58 bits per heavy atom. The molecule has 0 aromatic heterocycles. The van der Waals surface area contributed by atoms with E-state index in [2.05, 4.69) is 5.16 Å². The lowest BCUT2D eigenvalue weighted by molar-refractivity contribution is 0.124. The Labute approximate surface area is 72.7 Å². The third-order valence-electron chi connectivity index (χ3n) is 2.38. The molecule has 1 atom stereocenters. The summed E-state index contributed by atoms with van der Waals surface area (Å²) < 4.78 is 5.33. The number of oxime groups is 1. The maximum Gasteiger partial charge on any atom is 0.120 e. The smallest absolute Gasteiger partial charge is 0.120 e. The van der Waals surface area contributed by atoms with Gasteiger partial charge in [-0.15, -0.1) is 0 Å². The summed E-state index contributed by atoms with van der Waals surface area (Å²) in [4.78, 5) is 5.22. The standard InChI is InChI=1S/C9H15NO2/c1-7-9(4-5-11-7)10-12-6-8-2-3-8/h7-8H,2-6H2,1H3/b10-9+. The molecule has 1 saturated heterocycles. The zero-order chi connectivity index (χ0) is 8.39. The fourth-order valence-electron chi connectivity index (χ4n) is 1.27. The van der Waals surface area contributed by atoms with E-state index in [1.807, 2.05) is 6.92 Å². The van der Waals surface area contributed by atoms with Crippen molar-refractivity contribution in [2.24, 2.45) is 11.1 Å². The fraction of sp³-hybridized carbons (Fsp3) is 0.889. The van der Waals surface area contributed by atoms with Gasteiger partial charge in [0.15, 0.2) is 0 Å². The van der Waals surface area contributed by atoms with Crippen LogP contribution < -0.4 is 0 Å². The second-order valence-corrected chi connectivity index (χ2v) is 3.58. The normalized spacial score (nSPS) is 32.8. The van der Waals surface area contributed by atoms with Crippen LogP contribution in [-0.4, -0.2) is 25.0 Å². The van der Waals surface area contributed by atoms with Crippen molar-refractivity contribution in [2.45, 2.75) is 32.3 Å². The first-order valence-electron chi connectivity index (χ1n) is 4.66. The van der Waals surface area contributed by atoms with Crippen LogP contribution in [0, 0.1) is 5.92 Å². The first-order chi connectivity index (χ1) is 5.86. The summed E-state index contributed by atoms with van der Waals surface area (Å²) in [6, 6.07) is 0. The minimum absolute atomic E-state index is 0.171. The molecular formula is C9H15NO2. The molecule has 0 N–H and O–H groups in total. The Morgan fingerprint density at radius 2 is 2.42 bits per heavy atom. The molecule has 0 spiro atoms. The van der Waals surface area contributed by atoms with Crippen molar-refractivity contribution in [3.63, 3.8) is 0 Å². The van der Waals surface area contributed by atoms with Gasteiger partial charge in [0, 0.05) is 6.42 Å². The van der Waals surface area contributed by atoms with Gasteiger partial charge in [-0.25, -0.2) is 0 Å². The number of hydrogen-bond donors (Lipinski definition) is 0. The minimum atomic E-state index is 0.171. The molecule has 0 aromatic rings. The predicted molar refractivity (Wildman–Crippen MR) is 46.1 cm³/mol. The van der Waals surface area contributed by atoms with Gasteiger partial charge >= 0.3 is 0 Å². The van der Waals surface area contributed by atoms with Gasteiger partial charge in [0.1, 0.15) is 6.61 Å². The SMILES string of the molecule is CC1OCC/C1=N\OCC1CC1. The van der Waals surface area contributed by atoms with E-state index in [0.29, 0.717) is 0 Å². The monoisotopic (exact) mass is 169 g/mol. The summed E-state index contributed by atoms with van der Waals surface area (Å²) in [5, 5.41) is 4.08. The van der Waals surface area contributed by atoms with Crippen LogP contribution in [0.1, 0.15) is 26.2 Å². The highest BCUT2D eigenvalue weighted by Gasteiger charge is 2.23. The summed E-state index contributed by atoms with van der Waals surface area (Å²) in [6.45, 7) is 3.62. The lowest BCUT2D eigenvalue weighted by atomic mass is 10.2. The molecule has 2 rings (SSSR count). The number of nitrogens with zero attached hydrogens (tertiary/aromatic N) is 1. The molecule has 0 bridgehead atoms. The maximum atomic E-state index is 5.33. The number of hydrogen-bond acceptors (Lipinski definition) is 3. The molecule has 1 unspecified atom stereocenters. The molecule has 12 heavy (non-hydrogen) atoms. The predicted octanol–water partition coefficient (Wildman–Crippen LogP) is 1.58. The van der Waals surface area contributed by atoms with Crippen molar-refractivity contribution < 1.29 is 9.57 Å². The quantitative estimate of drug-likeness (QED) is 0.600. The van der Waals surface area contributed by atoms with Crippen molar-refractivity contribution in [2.75, 3.05) is 13.2 Å². The van der Waals surface area contributed by atoms with E-state index >= 15 is 0 Å². The van der Waals surface area contributed by atoms with Gasteiger partial charge in [-0.05, 0) is 25.7 Å². The molecule has 1 aliphatic carbocycles. The summed E-state index contributed by atoms with van der Waals surface area (Å²) in [5.74, 6) is 0.784. The summed E-state index contributed by atoms with van der Waals surface area (Å²) in [5.41, 5.74) is 1.07. The number of rotatable bonds is 3. The van der Waals surface area contributed by atoms with E-state index in [9.17, 15) is 0 Å². The first kappa shape index (κ1) is 8.05. The lowest BCUT2D eigenvalue weighted by Crippen LogP contribution is -2.10.